The molecular weight excluding hydrogens is 258 g/mol. The number of hydrogen-bond acceptors (Lipinski definition) is 2. The van der Waals surface area contributed by atoms with E-state index < -0.39 is 0 Å². The van der Waals surface area contributed by atoms with Gasteiger partial charge in [0.1, 0.15) is 5.76 Å². The van der Waals surface area contributed by atoms with Gasteiger partial charge in [-0.2, -0.15) is 0 Å². The zero-order valence-corrected chi connectivity index (χ0v) is 12.8. The third-order valence-electron chi connectivity index (χ3n) is 4.77. The first kappa shape index (κ1) is 14.4. The van der Waals surface area contributed by atoms with E-state index in [1.54, 1.807) is 6.26 Å². The molecule has 0 amide bonds. The van der Waals surface area contributed by atoms with Gasteiger partial charge in [-0.1, -0.05) is 56.5 Å². The molecule has 0 bridgehead atoms. The van der Waals surface area contributed by atoms with E-state index in [0.29, 0.717) is 6.04 Å². The van der Waals surface area contributed by atoms with Crippen LogP contribution in [0.5, 0.6) is 0 Å². The van der Waals surface area contributed by atoms with Crippen LogP contribution < -0.4 is 5.32 Å². The summed E-state index contributed by atoms with van der Waals surface area (Å²) < 4.78 is 5.70. The molecule has 2 nitrogen and oxygen atoms in total. The first-order valence-electron chi connectivity index (χ1n) is 8.23. The maximum absolute atomic E-state index is 5.70. The van der Waals surface area contributed by atoms with Gasteiger partial charge in [0, 0.05) is 6.04 Å². The van der Waals surface area contributed by atoms with Crippen LogP contribution in [0.2, 0.25) is 0 Å². The van der Waals surface area contributed by atoms with Crippen LogP contribution in [0.1, 0.15) is 56.4 Å². The Kier molecular flexibility index (Phi) is 4.76. The molecule has 3 unspecified atom stereocenters. The molecule has 0 saturated heterocycles. The van der Waals surface area contributed by atoms with Crippen molar-refractivity contribution in [3.8, 4) is 0 Å². The first-order valence-corrected chi connectivity index (χ1v) is 8.23. The fourth-order valence-electron chi connectivity index (χ4n) is 3.57. The van der Waals surface area contributed by atoms with Crippen molar-refractivity contribution in [2.45, 2.75) is 51.1 Å². The van der Waals surface area contributed by atoms with Gasteiger partial charge in [0.05, 0.1) is 12.3 Å². The molecule has 1 aliphatic rings. The Hall–Kier alpha value is -1.54. The van der Waals surface area contributed by atoms with Crippen LogP contribution in [0, 0.1) is 5.92 Å². The highest BCUT2D eigenvalue weighted by atomic mass is 16.3. The zero-order chi connectivity index (χ0) is 14.5. The van der Waals surface area contributed by atoms with Crippen LogP contribution in [-0.2, 0) is 0 Å². The van der Waals surface area contributed by atoms with Gasteiger partial charge >= 0.3 is 0 Å². The van der Waals surface area contributed by atoms with Crippen molar-refractivity contribution in [3.05, 3.63) is 60.1 Å². The number of benzene rings is 1. The molecule has 1 fully saturated rings. The van der Waals surface area contributed by atoms with E-state index in [-0.39, 0.29) is 6.04 Å². The van der Waals surface area contributed by atoms with Crippen molar-refractivity contribution in [3.63, 3.8) is 0 Å². The second kappa shape index (κ2) is 6.95. The van der Waals surface area contributed by atoms with Crippen LogP contribution in [0.4, 0.5) is 0 Å². The van der Waals surface area contributed by atoms with E-state index in [1.807, 2.05) is 6.07 Å². The predicted octanol–water partition coefficient (Wildman–Crippen LogP) is 4.93. The minimum atomic E-state index is 0.165. The third kappa shape index (κ3) is 3.38. The Morgan fingerprint density at radius 3 is 2.62 bits per heavy atom. The van der Waals surface area contributed by atoms with Crippen molar-refractivity contribution in [2.75, 3.05) is 0 Å². The quantitative estimate of drug-likeness (QED) is 0.842. The molecule has 1 aliphatic carbocycles. The molecule has 112 valence electrons. The minimum Gasteiger partial charge on any atom is -0.467 e. The second-order valence-electron chi connectivity index (χ2n) is 6.09. The van der Waals surface area contributed by atoms with E-state index in [4.69, 9.17) is 4.42 Å². The third-order valence-corrected chi connectivity index (χ3v) is 4.77. The van der Waals surface area contributed by atoms with E-state index in [0.717, 1.165) is 11.7 Å². The summed E-state index contributed by atoms with van der Waals surface area (Å²) >= 11 is 0. The Morgan fingerprint density at radius 1 is 1.10 bits per heavy atom. The molecule has 1 saturated carbocycles. The van der Waals surface area contributed by atoms with Crippen LogP contribution in [-0.4, -0.2) is 6.04 Å². The van der Waals surface area contributed by atoms with Gasteiger partial charge < -0.3 is 9.73 Å². The zero-order valence-electron chi connectivity index (χ0n) is 12.8. The lowest BCUT2D eigenvalue weighted by Gasteiger charge is -2.34. The molecule has 0 radical (unpaired) electrons. The lowest BCUT2D eigenvalue weighted by molar-refractivity contribution is 0.237. The highest BCUT2D eigenvalue weighted by Gasteiger charge is 2.27. The number of furan rings is 1. The summed E-state index contributed by atoms with van der Waals surface area (Å²) in [5, 5.41) is 3.88. The standard InChI is InChI=1S/C19H25NO/c1-2-15-9-6-7-12-17(15)20-19(18-13-8-14-21-18)16-10-4-3-5-11-16/h3-5,8,10-11,13-15,17,19-20H,2,6-7,9,12H2,1H3. The Labute approximate surface area is 127 Å². The molecule has 3 rings (SSSR count). The predicted molar refractivity (Wildman–Crippen MR) is 86.2 cm³/mol. The molecule has 1 aromatic heterocycles. The summed E-state index contributed by atoms with van der Waals surface area (Å²) in [5.74, 6) is 1.81. The normalized spacial score (nSPS) is 23.9. The molecule has 2 aromatic rings. The van der Waals surface area contributed by atoms with Crippen LogP contribution in [0.15, 0.2) is 53.1 Å². The maximum atomic E-state index is 5.70. The Bertz CT molecular complexity index is 520. The summed E-state index contributed by atoms with van der Waals surface area (Å²) in [4.78, 5) is 0. The van der Waals surface area contributed by atoms with Gasteiger partial charge in [0.15, 0.2) is 0 Å². The average Bonchev–Trinajstić information content (AvgIpc) is 3.08. The molecule has 1 aromatic carbocycles. The van der Waals surface area contributed by atoms with Crippen molar-refractivity contribution >= 4 is 0 Å². The summed E-state index contributed by atoms with van der Waals surface area (Å²) in [5.41, 5.74) is 1.29. The van der Waals surface area contributed by atoms with Crippen LogP contribution >= 0.6 is 0 Å². The molecule has 1 N–H and O–H groups in total. The molecule has 21 heavy (non-hydrogen) atoms. The van der Waals surface area contributed by atoms with Gasteiger partial charge in [-0.05, 0) is 36.5 Å². The molecule has 1 heterocycles. The van der Waals surface area contributed by atoms with E-state index >= 15 is 0 Å². The van der Waals surface area contributed by atoms with Crippen molar-refractivity contribution < 1.29 is 4.42 Å². The topological polar surface area (TPSA) is 25.2 Å². The summed E-state index contributed by atoms with van der Waals surface area (Å²) in [6, 6.07) is 15.5. The van der Waals surface area contributed by atoms with E-state index in [9.17, 15) is 0 Å². The highest BCUT2D eigenvalue weighted by molar-refractivity contribution is 5.26. The van der Waals surface area contributed by atoms with Crippen molar-refractivity contribution in [1.29, 1.82) is 0 Å². The number of nitrogens with one attached hydrogen (secondary N) is 1. The Morgan fingerprint density at radius 2 is 1.90 bits per heavy atom. The lowest BCUT2D eigenvalue weighted by Crippen LogP contribution is -2.40. The summed E-state index contributed by atoms with van der Waals surface area (Å²) in [6.07, 6.45) is 8.39. The summed E-state index contributed by atoms with van der Waals surface area (Å²) in [7, 11) is 0. The van der Waals surface area contributed by atoms with E-state index in [2.05, 4.69) is 48.6 Å². The fraction of sp³-hybridized carbons (Fsp3) is 0.474. The van der Waals surface area contributed by atoms with Gasteiger partial charge in [-0.15, -0.1) is 0 Å². The fourth-order valence-corrected chi connectivity index (χ4v) is 3.57. The number of hydrogen-bond donors (Lipinski definition) is 1. The van der Waals surface area contributed by atoms with Gasteiger partial charge in [-0.25, -0.2) is 0 Å². The average molecular weight is 283 g/mol. The monoisotopic (exact) mass is 283 g/mol. The van der Waals surface area contributed by atoms with Crippen LogP contribution in [0.3, 0.4) is 0 Å². The van der Waals surface area contributed by atoms with E-state index in [1.165, 1.54) is 37.7 Å². The maximum Gasteiger partial charge on any atom is 0.125 e. The number of rotatable bonds is 5. The van der Waals surface area contributed by atoms with Gasteiger partial charge in [0.25, 0.3) is 0 Å². The summed E-state index contributed by atoms with van der Waals surface area (Å²) in [6.45, 7) is 2.31. The molecule has 0 aliphatic heterocycles. The second-order valence-corrected chi connectivity index (χ2v) is 6.09. The Balaban J connectivity index is 1.82. The molecule has 3 atom stereocenters. The molecule has 0 spiro atoms. The molecular formula is C19H25NO. The van der Waals surface area contributed by atoms with Crippen molar-refractivity contribution in [2.24, 2.45) is 5.92 Å². The SMILES string of the molecule is CCC1CCCCC1NC(c1ccccc1)c1ccco1. The van der Waals surface area contributed by atoms with Crippen LogP contribution in [0.25, 0.3) is 0 Å². The first-order chi connectivity index (χ1) is 10.4. The van der Waals surface area contributed by atoms with Crippen molar-refractivity contribution in [1.82, 2.24) is 5.32 Å². The lowest BCUT2D eigenvalue weighted by atomic mass is 9.82. The van der Waals surface area contributed by atoms with Gasteiger partial charge in [-0.3, -0.25) is 0 Å². The van der Waals surface area contributed by atoms with Gasteiger partial charge in [0.2, 0.25) is 0 Å². The largest absolute Gasteiger partial charge is 0.467 e. The highest BCUT2D eigenvalue weighted by Crippen LogP contribution is 2.31. The smallest absolute Gasteiger partial charge is 0.125 e. The minimum absolute atomic E-state index is 0.165. The molecule has 2 heteroatoms.